The summed E-state index contributed by atoms with van der Waals surface area (Å²) < 4.78 is 1.21. The Balaban J connectivity index is 0.00000176. The molecule has 3 aromatic rings. The Hall–Kier alpha value is -1.40. The number of nitrogens with zero attached hydrogens (tertiary/aromatic N) is 2. The highest BCUT2D eigenvalue weighted by atomic mass is 127. The van der Waals surface area contributed by atoms with Gasteiger partial charge in [0, 0.05) is 20.6 Å². The summed E-state index contributed by atoms with van der Waals surface area (Å²) >= 11 is 2.30. The number of anilines is 1. The molecule has 0 bridgehead atoms. The molecule has 2 aromatic carbocycles. The van der Waals surface area contributed by atoms with Crippen LogP contribution in [0.1, 0.15) is 13.8 Å². The highest BCUT2D eigenvalue weighted by molar-refractivity contribution is 14.1. The van der Waals surface area contributed by atoms with E-state index in [2.05, 4.69) is 77.1 Å². The second-order valence-electron chi connectivity index (χ2n) is 5.22. The minimum Gasteiger partial charge on any atom is -0.367 e. The van der Waals surface area contributed by atoms with E-state index < -0.39 is 0 Å². The summed E-state index contributed by atoms with van der Waals surface area (Å²) in [6.07, 6.45) is 0. The van der Waals surface area contributed by atoms with Gasteiger partial charge in [-0.05, 0) is 60.7 Å². The van der Waals surface area contributed by atoms with E-state index in [9.17, 15) is 0 Å². The molecule has 1 aromatic heterocycles. The number of benzene rings is 2. The fourth-order valence-electron chi connectivity index (χ4n) is 2.19. The molecular formula is C17H17ClIN3. The second-order valence-corrected chi connectivity index (χ2v) is 6.46. The van der Waals surface area contributed by atoms with Crippen LogP contribution in [0.5, 0.6) is 0 Å². The molecule has 0 aliphatic heterocycles. The quantitative estimate of drug-likeness (QED) is 0.590. The molecule has 3 rings (SSSR count). The molecule has 114 valence electrons. The average Bonchev–Trinajstić information content (AvgIpc) is 2.47. The van der Waals surface area contributed by atoms with E-state index in [1.807, 2.05) is 18.2 Å². The lowest BCUT2D eigenvalue weighted by Gasteiger charge is -2.13. The van der Waals surface area contributed by atoms with Crippen molar-refractivity contribution in [2.24, 2.45) is 0 Å². The smallest absolute Gasteiger partial charge is 0.162 e. The second kappa shape index (κ2) is 7.24. The Bertz CT molecular complexity index is 772. The lowest BCUT2D eigenvalue weighted by Crippen LogP contribution is -2.12. The van der Waals surface area contributed by atoms with Crippen LogP contribution in [0.15, 0.2) is 48.5 Å². The molecule has 0 fully saturated rings. The fourth-order valence-corrected chi connectivity index (χ4v) is 2.55. The Morgan fingerprint density at radius 3 is 2.32 bits per heavy atom. The lowest BCUT2D eigenvalue weighted by molar-refractivity contribution is 0.891. The zero-order valence-electron chi connectivity index (χ0n) is 12.4. The van der Waals surface area contributed by atoms with Crippen molar-refractivity contribution in [3.63, 3.8) is 0 Å². The molecule has 0 amide bonds. The van der Waals surface area contributed by atoms with E-state index in [0.29, 0.717) is 6.04 Å². The van der Waals surface area contributed by atoms with Gasteiger partial charge in [0.05, 0.1) is 5.52 Å². The van der Waals surface area contributed by atoms with Crippen molar-refractivity contribution in [3.05, 3.63) is 52.1 Å². The van der Waals surface area contributed by atoms with Gasteiger partial charge in [-0.1, -0.05) is 24.3 Å². The Morgan fingerprint density at radius 2 is 1.64 bits per heavy atom. The molecule has 0 atom stereocenters. The first kappa shape index (κ1) is 17.0. The zero-order chi connectivity index (χ0) is 14.8. The molecular weight excluding hydrogens is 409 g/mol. The van der Waals surface area contributed by atoms with Gasteiger partial charge in [-0.25, -0.2) is 9.97 Å². The highest BCUT2D eigenvalue weighted by Gasteiger charge is 2.09. The molecule has 0 aliphatic rings. The molecule has 1 N–H and O–H groups in total. The maximum atomic E-state index is 4.72. The summed E-state index contributed by atoms with van der Waals surface area (Å²) in [5.41, 5.74) is 2.00. The highest BCUT2D eigenvalue weighted by Crippen LogP contribution is 2.25. The van der Waals surface area contributed by atoms with Gasteiger partial charge < -0.3 is 5.32 Å². The van der Waals surface area contributed by atoms with Crippen molar-refractivity contribution in [3.8, 4) is 11.4 Å². The Labute approximate surface area is 150 Å². The number of fused-ring (bicyclic) bond motifs is 1. The van der Waals surface area contributed by atoms with Crippen LogP contribution in [0.25, 0.3) is 22.3 Å². The number of hydrogen-bond donors (Lipinski definition) is 1. The van der Waals surface area contributed by atoms with Crippen molar-refractivity contribution < 1.29 is 0 Å². The molecule has 0 radical (unpaired) electrons. The molecule has 22 heavy (non-hydrogen) atoms. The third-order valence-corrected chi connectivity index (χ3v) is 3.85. The minimum atomic E-state index is 0. The van der Waals surface area contributed by atoms with Gasteiger partial charge in [-0.2, -0.15) is 0 Å². The van der Waals surface area contributed by atoms with Crippen LogP contribution in [0.2, 0.25) is 0 Å². The third kappa shape index (κ3) is 3.67. The van der Waals surface area contributed by atoms with E-state index in [1.54, 1.807) is 0 Å². The number of rotatable bonds is 3. The van der Waals surface area contributed by atoms with Gasteiger partial charge in [-0.15, -0.1) is 12.4 Å². The molecule has 3 nitrogen and oxygen atoms in total. The van der Waals surface area contributed by atoms with Crippen molar-refractivity contribution >= 4 is 51.7 Å². The summed E-state index contributed by atoms with van der Waals surface area (Å²) in [6, 6.07) is 16.7. The number of hydrogen-bond acceptors (Lipinski definition) is 3. The van der Waals surface area contributed by atoms with Crippen molar-refractivity contribution in [1.29, 1.82) is 0 Å². The molecule has 5 heteroatoms. The first-order valence-corrected chi connectivity index (χ1v) is 8.00. The third-order valence-electron chi connectivity index (χ3n) is 3.13. The first-order valence-electron chi connectivity index (χ1n) is 6.93. The van der Waals surface area contributed by atoms with Gasteiger partial charge >= 0.3 is 0 Å². The van der Waals surface area contributed by atoms with Gasteiger partial charge in [0.2, 0.25) is 0 Å². The zero-order valence-corrected chi connectivity index (χ0v) is 15.4. The number of aromatic nitrogens is 2. The minimum absolute atomic E-state index is 0. The fraction of sp³-hybridized carbons (Fsp3) is 0.176. The van der Waals surface area contributed by atoms with Gasteiger partial charge in [0.25, 0.3) is 0 Å². The summed E-state index contributed by atoms with van der Waals surface area (Å²) in [6.45, 7) is 4.23. The first-order chi connectivity index (χ1) is 10.1. The summed E-state index contributed by atoms with van der Waals surface area (Å²) in [5.74, 6) is 1.65. The number of halogens is 2. The van der Waals surface area contributed by atoms with Crippen molar-refractivity contribution in [1.82, 2.24) is 9.97 Å². The van der Waals surface area contributed by atoms with Gasteiger partial charge in [0.15, 0.2) is 5.82 Å². The summed E-state index contributed by atoms with van der Waals surface area (Å²) in [4.78, 5) is 9.41. The lowest BCUT2D eigenvalue weighted by atomic mass is 10.2. The van der Waals surface area contributed by atoms with E-state index in [0.717, 1.165) is 28.1 Å². The Kier molecular flexibility index (Phi) is 5.58. The molecule has 0 saturated heterocycles. The van der Waals surface area contributed by atoms with Crippen LogP contribution >= 0.6 is 35.0 Å². The van der Waals surface area contributed by atoms with Crippen LogP contribution in [0, 0.1) is 3.57 Å². The standard InChI is InChI=1S/C17H16IN3.ClH/c1-11(2)19-17-14-5-3-4-6-15(14)20-16(21-17)12-7-9-13(18)10-8-12;/h3-11H,1-2H3,(H,19,20,21);1H. The topological polar surface area (TPSA) is 37.8 Å². The number of para-hydroxylation sites is 1. The summed E-state index contributed by atoms with van der Waals surface area (Å²) in [5, 5.41) is 4.47. The molecule has 0 unspecified atom stereocenters. The largest absolute Gasteiger partial charge is 0.367 e. The SMILES string of the molecule is CC(C)Nc1nc(-c2ccc(I)cc2)nc2ccccc12.Cl. The molecule has 0 saturated carbocycles. The van der Waals surface area contributed by atoms with Crippen LogP contribution in [-0.4, -0.2) is 16.0 Å². The molecule has 0 aliphatic carbocycles. The molecule has 1 heterocycles. The van der Waals surface area contributed by atoms with Crippen LogP contribution in [0.3, 0.4) is 0 Å². The van der Waals surface area contributed by atoms with E-state index in [1.165, 1.54) is 3.57 Å². The van der Waals surface area contributed by atoms with E-state index in [-0.39, 0.29) is 12.4 Å². The van der Waals surface area contributed by atoms with Crippen molar-refractivity contribution in [2.75, 3.05) is 5.32 Å². The van der Waals surface area contributed by atoms with Gasteiger partial charge in [-0.3, -0.25) is 0 Å². The van der Waals surface area contributed by atoms with E-state index >= 15 is 0 Å². The van der Waals surface area contributed by atoms with Gasteiger partial charge in [0.1, 0.15) is 5.82 Å². The normalized spacial score (nSPS) is 10.5. The number of nitrogens with one attached hydrogen (secondary N) is 1. The predicted molar refractivity (Wildman–Crippen MR) is 104 cm³/mol. The van der Waals surface area contributed by atoms with E-state index in [4.69, 9.17) is 4.98 Å². The van der Waals surface area contributed by atoms with Crippen LogP contribution < -0.4 is 5.32 Å². The van der Waals surface area contributed by atoms with Crippen LogP contribution in [-0.2, 0) is 0 Å². The maximum Gasteiger partial charge on any atom is 0.162 e. The monoisotopic (exact) mass is 425 g/mol. The molecule has 0 spiro atoms. The summed E-state index contributed by atoms with van der Waals surface area (Å²) in [7, 11) is 0. The Morgan fingerprint density at radius 1 is 0.955 bits per heavy atom. The maximum absolute atomic E-state index is 4.72. The predicted octanol–water partition coefficient (Wildman–Crippen LogP) is 5.14. The van der Waals surface area contributed by atoms with Crippen LogP contribution in [0.4, 0.5) is 5.82 Å². The average molecular weight is 426 g/mol. The van der Waals surface area contributed by atoms with Crippen molar-refractivity contribution in [2.45, 2.75) is 19.9 Å².